The van der Waals surface area contributed by atoms with Crippen molar-refractivity contribution in [2.45, 2.75) is 13.5 Å². The van der Waals surface area contributed by atoms with Crippen molar-refractivity contribution in [1.29, 1.82) is 0 Å². The maximum Gasteiger partial charge on any atom is 0.257 e. The first-order valence-electron chi connectivity index (χ1n) is 7.77. The molecular weight excluding hydrogens is 380 g/mol. The van der Waals surface area contributed by atoms with Crippen LogP contribution in [0.3, 0.4) is 0 Å². The monoisotopic (exact) mass is 396 g/mol. The number of pyridine rings is 2. The third kappa shape index (κ3) is 4.64. The summed E-state index contributed by atoms with van der Waals surface area (Å²) in [5, 5.41) is 6.14. The van der Waals surface area contributed by atoms with E-state index < -0.39 is 0 Å². The van der Waals surface area contributed by atoms with Crippen molar-refractivity contribution in [2.75, 3.05) is 10.6 Å². The van der Waals surface area contributed by atoms with Crippen molar-refractivity contribution in [2.24, 2.45) is 0 Å². The molecule has 5 nitrogen and oxygen atoms in total. The number of nitrogens with zero attached hydrogens (tertiary/aromatic N) is 2. The number of benzene rings is 1. The molecular formula is C19H17BrN4O. The predicted molar refractivity (Wildman–Crippen MR) is 103 cm³/mol. The second-order valence-corrected chi connectivity index (χ2v) is 6.47. The van der Waals surface area contributed by atoms with Crippen molar-refractivity contribution in [3.05, 3.63) is 82.3 Å². The molecule has 25 heavy (non-hydrogen) atoms. The zero-order valence-electron chi connectivity index (χ0n) is 13.7. The molecule has 3 aromatic rings. The molecule has 3 rings (SSSR count). The number of carbonyl (C=O) groups is 1. The summed E-state index contributed by atoms with van der Waals surface area (Å²) in [5.41, 5.74) is 4.17. The van der Waals surface area contributed by atoms with E-state index in [1.54, 1.807) is 30.9 Å². The second-order valence-electron chi connectivity index (χ2n) is 5.61. The van der Waals surface area contributed by atoms with Crippen LogP contribution in [0.4, 0.5) is 11.4 Å². The molecule has 6 heteroatoms. The first-order valence-corrected chi connectivity index (χ1v) is 8.56. The Morgan fingerprint density at radius 2 is 2.00 bits per heavy atom. The number of hydrogen-bond acceptors (Lipinski definition) is 4. The lowest BCUT2D eigenvalue weighted by Gasteiger charge is -2.10. The molecule has 0 spiro atoms. The van der Waals surface area contributed by atoms with Gasteiger partial charge in [-0.25, -0.2) is 0 Å². The maximum absolute atomic E-state index is 12.5. The van der Waals surface area contributed by atoms with Crippen LogP contribution in [0.15, 0.2) is 65.7 Å². The van der Waals surface area contributed by atoms with Gasteiger partial charge in [-0.05, 0) is 58.2 Å². The minimum atomic E-state index is -0.206. The van der Waals surface area contributed by atoms with Gasteiger partial charge in [-0.15, -0.1) is 0 Å². The topological polar surface area (TPSA) is 66.9 Å². The quantitative estimate of drug-likeness (QED) is 0.669. The van der Waals surface area contributed by atoms with Crippen LogP contribution in [0.2, 0.25) is 0 Å². The first kappa shape index (κ1) is 17.1. The third-order valence-electron chi connectivity index (χ3n) is 3.59. The Kier molecular flexibility index (Phi) is 5.40. The zero-order valence-corrected chi connectivity index (χ0v) is 15.2. The molecule has 0 aliphatic rings. The summed E-state index contributed by atoms with van der Waals surface area (Å²) in [4.78, 5) is 20.7. The number of carbonyl (C=O) groups excluding carboxylic acids is 1. The van der Waals surface area contributed by atoms with Gasteiger partial charge in [-0.1, -0.05) is 12.1 Å². The number of hydrogen-bond donors (Lipinski definition) is 2. The maximum atomic E-state index is 12.5. The molecule has 0 aliphatic carbocycles. The van der Waals surface area contributed by atoms with E-state index in [4.69, 9.17) is 0 Å². The molecule has 2 N–H and O–H groups in total. The number of aromatic nitrogens is 2. The third-order valence-corrected chi connectivity index (χ3v) is 4.25. The van der Waals surface area contributed by atoms with Crippen LogP contribution < -0.4 is 10.6 Å². The Labute approximate surface area is 154 Å². The first-order chi connectivity index (χ1) is 12.1. The molecule has 126 valence electrons. The Morgan fingerprint density at radius 1 is 1.12 bits per heavy atom. The summed E-state index contributed by atoms with van der Waals surface area (Å²) in [6.07, 6.45) is 6.77. The van der Waals surface area contributed by atoms with E-state index in [1.807, 2.05) is 37.3 Å². The van der Waals surface area contributed by atoms with Crippen LogP contribution in [0.5, 0.6) is 0 Å². The molecule has 0 bridgehead atoms. The van der Waals surface area contributed by atoms with E-state index in [2.05, 4.69) is 36.5 Å². The summed E-state index contributed by atoms with van der Waals surface area (Å²) >= 11 is 3.46. The molecule has 0 radical (unpaired) electrons. The van der Waals surface area contributed by atoms with Gasteiger partial charge in [-0.3, -0.25) is 14.8 Å². The summed E-state index contributed by atoms with van der Waals surface area (Å²) in [6.45, 7) is 2.61. The minimum Gasteiger partial charge on any atom is -0.380 e. The molecule has 2 aromatic heterocycles. The van der Waals surface area contributed by atoms with Gasteiger partial charge >= 0.3 is 0 Å². The summed E-state index contributed by atoms with van der Waals surface area (Å²) in [7, 11) is 0. The fourth-order valence-electron chi connectivity index (χ4n) is 2.28. The van der Waals surface area contributed by atoms with Gasteiger partial charge < -0.3 is 10.6 Å². The van der Waals surface area contributed by atoms with Crippen molar-refractivity contribution in [3.63, 3.8) is 0 Å². The molecule has 0 atom stereocenters. The minimum absolute atomic E-state index is 0.206. The Morgan fingerprint density at radius 3 is 2.76 bits per heavy atom. The van der Waals surface area contributed by atoms with Crippen LogP contribution in [-0.4, -0.2) is 15.9 Å². The smallest absolute Gasteiger partial charge is 0.257 e. The van der Waals surface area contributed by atoms with Crippen LogP contribution in [0, 0.1) is 6.92 Å². The van der Waals surface area contributed by atoms with Crippen LogP contribution in [0.25, 0.3) is 0 Å². The lowest BCUT2D eigenvalue weighted by Crippen LogP contribution is -2.13. The molecule has 0 aliphatic heterocycles. The fraction of sp³-hybridized carbons (Fsp3) is 0.105. The highest BCUT2D eigenvalue weighted by Gasteiger charge is 2.10. The average molecular weight is 397 g/mol. The number of nitrogens with one attached hydrogen (secondary N) is 2. The molecule has 0 saturated carbocycles. The van der Waals surface area contributed by atoms with Crippen molar-refractivity contribution < 1.29 is 4.79 Å². The lowest BCUT2D eigenvalue weighted by atomic mass is 10.2. The van der Waals surface area contributed by atoms with Gasteiger partial charge in [0.25, 0.3) is 5.91 Å². The highest BCUT2D eigenvalue weighted by atomic mass is 79.9. The van der Waals surface area contributed by atoms with Crippen molar-refractivity contribution >= 4 is 33.2 Å². The van der Waals surface area contributed by atoms with E-state index in [0.717, 1.165) is 27.0 Å². The van der Waals surface area contributed by atoms with Gasteiger partial charge in [0, 0.05) is 35.8 Å². The predicted octanol–water partition coefficient (Wildman–Crippen LogP) is 4.41. The Balaban J connectivity index is 1.69. The Bertz CT molecular complexity index is 884. The number of aryl methyl sites for hydroxylation is 1. The van der Waals surface area contributed by atoms with E-state index in [0.29, 0.717) is 12.1 Å². The molecule has 1 aromatic carbocycles. The number of halogens is 1. The Hall–Kier alpha value is -2.73. The van der Waals surface area contributed by atoms with Gasteiger partial charge in [0.15, 0.2) is 0 Å². The van der Waals surface area contributed by atoms with Gasteiger partial charge in [0.2, 0.25) is 0 Å². The molecule has 0 saturated heterocycles. The standard InChI is InChI=1S/C19H17BrN4O/c1-13-4-5-18(17(20)7-13)24-19(25)15-8-16(12-22-11-15)23-10-14-3-2-6-21-9-14/h2-9,11-12,23H,10H2,1H3,(H,24,25). The molecule has 1 amide bonds. The zero-order chi connectivity index (χ0) is 17.6. The molecule has 0 unspecified atom stereocenters. The number of amides is 1. The van der Waals surface area contributed by atoms with E-state index in [-0.39, 0.29) is 5.91 Å². The number of anilines is 2. The molecule has 0 fully saturated rings. The van der Waals surface area contributed by atoms with E-state index in [9.17, 15) is 4.79 Å². The van der Waals surface area contributed by atoms with Crippen LogP contribution in [-0.2, 0) is 6.54 Å². The second kappa shape index (κ2) is 7.90. The SMILES string of the molecule is Cc1ccc(NC(=O)c2cncc(NCc3cccnc3)c2)c(Br)c1. The lowest BCUT2D eigenvalue weighted by molar-refractivity contribution is 0.102. The van der Waals surface area contributed by atoms with Crippen molar-refractivity contribution in [1.82, 2.24) is 9.97 Å². The average Bonchev–Trinajstić information content (AvgIpc) is 2.63. The van der Waals surface area contributed by atoms with E-state index >= 15 is 0 Å². The highest BCUT2D eigenvalue weighted by Crippen LogP contribution is 2.24. The summed E-state index contributed by atoms with van der Waals surface area (Å²) < 4.78 is 0.847. The summed E-state index contributed by atoms with van der Waals surface area (Å²) in [6, 6.07) is 11.4. The van der Waals surface area contributed by atoms with Gasteiger partial charge in [-0.2, -0.15) is 0 Å². The van der Waals surface area contributed by atoms with Crippen LogP contribution in [0.1, 0.15) is 21.5 Å². The number of rotatable bonds is 5. The molecule has 2 heterocycles. The summed E-state index contributed by atoms with van der Waals surface area (Å²) in [5.74, 6) is -0.206. The van der Waals surface area contributed by atoms with Crippen LogP contribution >= 0.6 is 15.9 Å². The fourth-order valence-corrected chi connectivity index (χ4v) is 2.88. The van der Waals surface area contributed by atoms with Gasteiger partial charge in [0.05, 0.1) is 16.9 Å². The normalized spacial score (nSPS) is 10.3. The van der Waals surface area contributed by atoms with E-state index in [1.165, 1.54) is 0 Å². The van der Waals surface area contributed by atoms with Gasteiger partial charge in [0.1, 0.15) is 0 Å². The van der Waals surface area contributed by atoms with Crippen molar-refractivity contribution in [3.8, 4) is 0 Å². The largest absolute Gasteiger partial charge is 0.380 e. The highest BCUT2D eigenvalue weighted by molar-refractivity contribution is 9.10.